The maximum atomic E-state index is 12.0. The van der Waals surface area contributed by atoms with E-state index in [1.54, 1.807) is 0 Å². The molecule has 0 unspecified atom stereocenters. The normalized spacial score (nSPS) is 17.4. The molecule has 1 aromatic rings. The molecule has 1 amide bonds. The SMILES string of the molecule is CN1CCC(CCNC(=O)c2cccc(I)c2)CC1. The van der Waals surface area contributed by atoms with Gasteiger partial charge in [0, 0.05) is 15.7 Å². The summed E-state index contributed by atoms with van der Waals surface area (Å²) in [5, 5.41) is 3.03. The monoisotopic (exact) mass is 372 g/mol. The van der Waals surface area contributed by atoms with Crippen LogP contribution in [-0.4, -0.2) is 37.5 Å². The van der Waals surface area contributed by atoms with E-state index in [2.05, 4.69) is 39.9 Å². The zero-order valence-corrected chi connectivity index (χ0v) is 13.5. The van der Waals surface area contributed by atoms with Gasteiger partial charge >= 0.3 is 0 Å². The molecule has 2 rings (SSSR count). The highest BCUT2D eigenvalue weighted by molar-refractivity contribution is 14.1. The minimum absolute atomic E-state index is 0.0476. The standard InChI is InChI=1S/C15H21IN2O/c1-18-9-6-12(7-10-18)5-8-17-15(19)13-3-2-4-14(16)11-13/h2-4,11-12H,5-10H2,1H3,(H,17,19). The zero-order chi connectivity index (χ0) is 13.7. The van der Waals surface area contributed by atoms with E-state index in [-0.39, 0.29) is 5.91 Å². The molecule has 0 atom stereocenters. The van der Waals surface area contributed by atoms with Crippen LogP contribution in [0.25, 0.3) is 0 Å². The van der Waals surface area contributed by atoms with Crippen molar-refractivity contribution < 1.29 is 4.79 Å². The van der Waals surface area contributed by atoms with Crippen molar-refractivity contribution in [2.24, 2.45) is 5.92 Å². The van der Waals surface area contributed by atoms with Gasteiger partial charge in [0.2, 0.25) is 0 Å². The van der Waals surface area contributed by atoms with Crippen LogP contribution in [0.4, 0.5) is 0 Å². The Morgan fingerprint density at radius 2 is 2.16 bits per heavy atom. The first-order chi connectivity index (χ1) is 9.15. The summed E-state index contributed by atoms with van der Waals surface area (Å²) in [5.41, 5.74) is 0.760. The number of benzene rings is 1. The van der Waals surface area contributed by atoms with E-state index >= 15 is 0 Å². The number of amides is 1. The fraction of sp³-hybridized carbons (Fsp3) is 0.533. The van der Waals surface area contributed by atoms with Gasteiger partial charge < -0.3 is 10.2 Å². The number of rotatable bonds is 4. The van der Waals surface area contributed by atoms with Crippen LogP contribution in [0, 0.1) is 9.49 Å². The molecular formula is C15H21IN2O. The van der Waals surface area contributed by atoms with Crippen molar-refractivity contribution in [3.05, 3.63) is 33.4 Å². The quantitative estimate of drug-likeness (QED) is 0.825. The van der Waals surface area contributed by atoms with Crippen molar-refractivity contribution in [1.82, 2.24) is 10.2 Å². The number of halogens is 1. The Balaban J connectivity index is 1.72. The fourth-order valence-corrected chi connectivity index (χ4v) is 3.02. The fourth-order valence-electron chi connectivity index (χ4n) is 2.47. The summed E-state index contributed by atoms with van der Waals surface area (Å²) in [5.74, 6) is 0.818. The highest BCUT2D eigenvalue weighted by Crippen LogP contribution is 2.18. The Bertz CT molecular complexity index is 428. The van der Waals surface area contributed by atoms with Crippen LogP contribution in [-0.2, 0) is 0 Å². The molecule has 1 fully saturated rings. The lowest BCUT2D eigenvalue weighted by atomic mass is 9.94. The summed E-state index contributed by atoms with van der Waals surface area (Å²) in [6.45, 7) is 3.17. The van der Waals surface area contributed by atoms with Crippen molar-refractivity contribution in [2.75, 3.05) is 26.7 Å². The molecule has 1 saturated heterocycles. The van der Waals surface area contributed by atoms with Crippen molar-refractivity contribution in [3.63, 3.8) is 0 Å². The van der Waals surface area contributed by atoms with Crippen molar-refractivity contribution >= 4 is 28.5 Å². The molecule has 1 heterocycles. The molecule has 1 aliphatic rings. The van der Waals surface area contributed by atoms with Gasteiger partial charge in [0.15, 0.2) is 0 Å². The van der Waals surface area contributed by atoms with Gasteiger partial charge in [-0.25, -0.2) is 0 Å². The Labute approximate surface area is 128 Å². The Kier molecular flexibility index (Phi) is 5.63. The average Bonchev–Trinajstić information content (AvgIpc) is 2.41. The molecule has 1 N–H and O–H groups in total. The van der Waals surface area contributed by atoms with Gasteiger partial charge in [-0.05, 0) is 86.1 Å². The average molecular weight is 372 g/mol. The highest BCUT2D eigenvalue weighted by atomic mass is 127. The smallest absolute Gasteiger partial charge is 0.251 e. The van der Waals surface area contributed by atoms with Crippen LogP contribution in [0.1, 0.15) is 29.6 Å². The molecule has 0 spiro atoms. The lowest BCUT2D eigenvalue weighted by Crippen LogP contribution is -2.32. The Morgan fingerprint density at radius 1 is 1.42 bits per heavy atom. The number of hydrogen-bond acceptors (Lipinski definition) is 2. The predicted octanol–water partition coefficient (Wildman–Crippen LogP) is 2.75. The molecule has 104 valence electrons. The number of carbonyl (C=O) groups is 1. The van der Waals surface area contributed by atoms with Crippen molar-refractivity contribution in [2.45, 2.75) is 19.3 Å². The summed E-state index contributed by atoms with van der Waals surface area (Å²) >= 11 is 2.23. The first-order valence-corrected chi connectivity index (χ1v) is 7.95. The molecular weight excluding hydrogens is 351 g/mol. The van der Waals surface area contributed by atoms with Gasteiger partial charge in [0.1, 0.15) is 0 Å². The first kappa shape index (κ1) is 14.8. The van der Waals surface area contributed by atoms with Crippen LogP contribution in [0.15, 0.2) is 24.3 Å². The van der Waals surface area contributed by atoms with Gasteiger partial charge in [0.05, 0.1) is 0 Å². The molecule has 0 bridgehead atoms. The second-order valence-corrected chi connectivity index (χ2v) is 6.55. The van der Waals surface area contributed by atoms with Crippen LogP contribution in [0.2, 0.25) is 0 Å². The molecule has 1 aliphatic heterocycles. The molecule has 19 heavy (non-hydrogen) atoms. The van der Waals surface area contributed by atoms with Crippen LogP contribution in [0.5, 0.6) is 0 Å². The molecule has 0 aliphatic carbocycles. The topological polar surface area (TPSA) is 32.3 Å². The lowest BCUT2D eigenvalue weighted by Gasteiger charge is -2.28. The molecule has 0 aromatic heterocycles. The molecule has 0 radical (unpaired) electrons. The molecule has 0 saturated carbocycles. The van der Waals surface area contributed by atoms with Gasteiger partial charge in [-0.1, -0.05) is 6.07 Å². The third-order valence-corrected chi connectivity index (χ3v) is 4.43. The van der Waals surface area contributed by atoms with Crippen LogP contribution in [0.3, 0.4) is 0 Å². The molecule has 3 nitrogen and oxygen atoms in total. The van der Waals surface area contributed by atoms with E-state index in [9.17, 15) is 4.79 Å². The van der Waals surface area contributed by atoms with Crippen LogP contribution < -0.4 is 5.32 Å². The third kappa shape index (κ3) is 4.76. The Hall–Kier alpha value is -0.620. The Morgan fingerprint density at radius 3 is 2.84 bits per heavy atom. The molecule has 4 heteroatoms. The van der Waals surface area contributed by atoms with Crippen LogP contribution >= 0.6 is 22.6 Å². The second-order valence-electron chi connectivity index (χ2n) is 5.30. The van der Waals surface area contributed by atoms with Crippen molar-refractivity contribution in [1.29, 1.82) is 0 Å². The zero-order valence-electron chi connectivity index (χ0n) is 11.4. The number of hydrogen-bond donors (Lipinski definition) is 1. The van der Waals surface area contributed by atoms with E-state index in [1.165, 1.54) is 25.9 Å². The maximum absolute atomic E-state index is 12.0. The summed E-state index contributed by atoms with van der Waals surface area (Å²) in [4.78, 5) is 14.3. The third-order valence-electron chi connectivity index (χ3n) is 3.76. The predicted molar refractivity (Wildman–Crippen MR) is 86.3 cm³/mol. The van der Waals surface area contributed by atoms with E-state index in [0.29, 0.717) is 0 Å². The van der Waals surface area contributed by atoms with Gasteiger partial charge in [-0.3, -0.25) is 4.79 Å². The first-order valence-electron chi connectivity index (χ1n) is 6.87. The van der Waals surface area contributed by atoms with Crippen molar-refractivity contribution in [3.8, 4) is 0 Å². The van der Waals surface area contributed by atoms with Gasteiger partial charge in [-0.2, -0.15) is 0 Å². The highest BCUT2D eigenvalue weighted by Gasteiger charge is 2.16. The van der Waals surface area contributed by atoms with E-state index in [0.717, 1.165) is 28.0 Å². The summed E-state index contributed by atoms with van der Waals surface area (Å²) < 4.78 is 1.10. The number of nitrogens with one attached hydrogen (secondary N) is 1. The number of piperidine rings is 1. The largest absolute Gasteiger partial charge is 0.352 e. The maximum Gasteiger partial charge on any atom is 0.251 e. The number of nitrogens with zero attached hydrogens (tertiary/aromatic N) is 1. The minimum Gasteiger partial charge on any atom is -0.352 e. The van der Waals surface area contributed by atoms with E-state index in [1.807, 2.05) is 24.3 Å². The summed E-state index contributed by atoms with van der Waals surface area (Å²) in [7, 11) is 2.18. The molecule has 1 aromatic carbocycles. The minimum atomic E-state index is 0.0476. The second kappa shape index (κ2) is 7.24. The van der Waals surface area contributed by atoms with Gasteiger partial charge in [0.25, 0.3) is 5.91 Å². The summed E-state index contributed by atoms with van der Waals surface area (Å²) in [6, 6.07) is 7.71. The summed E-state index contributed by atoms with van der Waals surface area (Å²) in [6.07, 6.45) is 3.62. The number of likely N-dealkylation sites (tertiary alicyclic amines) is 1. The lowest BCUT2D eigenvalue weighted by molar-refractivity contribution is 0.0949. The van der Waals surface area contributed by atoms with Gasteiger partial charge in [-0.15, -0.1) is 0 Å². The van der Waals surface area contributed by atoms with E-state index < -0.39 is 0 Å². The number of carbonyl (C=O) groups excluding carboxylic acids is 1. The van der Waals surface area contributed by atoms with E-state index in [4.69, 9.17) is 0 Å².